The fourth-order valence-corrected chi connectivity index (χ4v) is 12.6. The van der Waals surface area contributed by atoms with E-state index >= 15 is 0 Å². The molecule has 0 bridgehead atoms. The molecule has 3 fully saturated rings. The number of piperazine rings is 1. The molecule has 6 heterocycles. The fourth-order valence-electron chi connectivity index (χ4n) is 11.8. The molecule has 4 aliphatic rings. The summed E-state index contributed by atoms with van der Waals surface area (Å²) in [7, 11) is 1.94. The van der Waals surface area contributed by atoms with Crippen LogP contribution in [-0.4, -0.2) is 98.3 Å². The van der Waals surface area contributed by atoms with Gasteiger partial charge >= 0.3 is 5.97 Å². The second-order valence-electron chi connectivity index (χ2n) is 20.3. The summed E-state index contributed by atoms with van der Waals surface area (Å²) in [6.45, 7) is 9.23. The number of hydrogen-bond donors (Lipinski definition) is 3. The van der Waals surface area contributed by atoms with Gasteiger partial charge in [0.1, 0.15) is 11.6 Å². The summed E-state index contributed by atoms with van der Waals surface area (Å²) >= 11 is 1.44. The Hall–Kier alpha value is -7.17. The average Bonchev–Trinajstić information content (AvgIpc) is 3.97. The SMILES string of the molecule is Cc1c(OC2CCC(CCCN3CCN(c4cccc5c(C6CCC(=O)NC6=O)nn(C)c45)CC3C)CC2)cccc1-c1ccc(N2CCc3cccc(C(=O)Nc4nc5ccccc5s4)c3C2)nc1C(=O)O. The number of para-hydroxylation sites is 2. The number of ether oxygens (including phenoxy) is 1. The van der Waals surface area contributed by atoms with Gasteiger partial charge in [0.05, 0.1) is 39.1 Å². The van der Waals surface area contributed by atoms with Gasteiger partial charge in [0.15, 0.2) is 10.8 Å². The van der Waals surface area contributed by atoms with E-state index in [1.807, 2.05) is 102 Å². The van der Waals surface area contributed by atoms with Crippen LogP contribution in [0.2, 0.25) is 0 Å². The fraction of sp³-hybridized carbons (Fsp3) is 0.386. The number of aromatic carboxylic acids is 1. The summed E-state index contributed by atoms with van der Waals surface area (Å²) < 4.78 is 9.61. The van der Waals surface area contributed by atoms with Crippen molar-refractivity contribution in [2.45, 2.75) is 96.2 Å². The highest BCUT2D eigenvalue weighted by molar-refractivity contribution is 7.22. The number of aromatic nitrogens is 4. The monoisotopic (exact) mass is 999 g/mol. The van der Waals surface area contributed by atoms with Crippen LogP contribution in [-0.2, 0) is 29.6 Å². The van der Waals surface area contributed by atoms with Gasteiger partial charge in [-0.15, -0.1) is 0 Å². The molecule has 11 rings (SSSR count). The van der Waals surface area contributed by atoms with E-state index in [9.17, 15) is 24.3 Å². The Kier molecular flexibility index (Phi) is 13.4. The van der Waals surface area contributed by atoms with E-state index < -0.39 is 11.9 Å². The number of rotatable bonds is 13. The largest absolute Gasteiger partial charge is 0.490 e. The molecule has 73 heavy (non-hydrogen) atoms. The maximum atomic E-state index is 13.7. The second kappa shape index (κ2) is 20.4. The van der Waals surface area contributed by atoms with E-state index in [1.54, 1.807) is 0 Å². The van der Waals surface area contributed by atoms with Crippen LogP contribution in [0.5, 0.6) is 5.75 Å². The molecule has 2 atom stereocenters. The second-order valence-corrected chi connectivity index (χ2v) is 21.3. The Labute approximate surface area is 428 Å². The number of carbonyl (C=O) groups is 4. The molecule has 7 aromatic rings. The van der Waals surface area contributed by atoms with Crippen LogP contribution in [0.3, 0.4) is 0 Å². The molecular formula is C57H61N9O6S. The average molecular weight is 1000 g/mol. The summed E-state index contributed by atoms with van der Waals surface area (Å²) in [6, 6.07) is 29.8. The number of carbonyl (C=O) groups excluding carboxylic acids is 3. The predicted octanol–water partition coefficient (Wildman–Crippen LogP) is 9.52. The van der Waals surface area contributed by atoms with E-state index in [0.717, 1.165) is 119 Å². The summed E-state index contributed by atoms with van der Waals surface area (Å²) in [6.07, 6.45) is 8.13. The van der Waals surface area contributed by atoms with Crippen molar-refractivity contribution < 1.29 is 29.0 Å². The number of nitrogens with one attached hydrogen (secondary N) is 2. The Morgan fingerprint density at radius 2 is 1.68 bits per heavy atom. The zero-order chi connectivity index (χ0) is 50.3. The van der Waals surface area contributed by atoms with E-state index in [1.165, 1.54) is 17.8 Å². The number of hydrogen-bond acceptors (Lipinski definition) is 12. The minimum atomic E-state index is -1.10. The molecule has 2 saturated heterocycles. The number of carboxylic acid groups (broad SMARTS) is 1. The molecule has 2 unspecified atom stereocenters. The maximum Gasteiger partial charge on any atom is 0.355 e. The molecule has 16 heteroatoms. The van der Waals surface area contributed by atoms with Crippen LogP contribution >= 0.6 is 11.3 Å². The zero-order valence-electron chi connectivity index (χ0n) is 41.6. The molecule has 3 aromatic heterocycles. The highest BCUT2D eigenvalue weighted by Gasteiger charge is 2.34. The first-order chi connectivity index (χ1) is 35.4. The summed E-state index contributed by atoms with van der Waals surface area (Å²) in [5.74, 6) is -0.257. The third-order valence-corrected chi connectivity index (χ3v) is 16.7. The molecule has 3 amide bonds. The number of carboxylic acids is 1. The van der Waals surface area contributed by atoms with Crippen LogP contribution < -0.4 is 25.2 Å². The molecule has 376 valence electrons. The summed E-state index contributed by atoms with van der Waals surface area (Å²) in [4.78, 5) is 67.7. The van der Waals surface area contributed by atoms with Gasteiger partial charge in [0.2, 0.25) is 11.8 Å². The highest BCUT2D eigenvalue weighted by Crippen LogP contribution is 2.39. The lowest BCUT2D eigenvalue weighted by atomic mass is 9.84. The van der Waals surface area contributed by atoms with Crippen molar-refractivity contribution in [1.82, 2.24) is 30.0 Å². The molecule has 0 radical (unpaired) electrons. The van der Waals surface area contributed by atoms with Crippen molar-refractivity contribution >= 4 is 72.8 Å². The zero-order valence-corrected chi connectivity index (χ0v) is 42.4. The van der Waals surface area contributed by atoms with Gasteiger partial charge in [-0.1, -0.05) is 59.9 Å². The Morgan fingerprint density at radius 3 is 2.49 bits per heavy atom. The first-order valence-corrected chi connectivity index (χ1v) is 26.6. The molecule has 4 aromatic carbocycles. The molecule has 1 saturated carbocycles. The van der Waals surface area contributed by atoms with Crippen LogP contribution in [0.1, 0.15) is 107 Å². The smallest absolute Gasteiger partial charge is 0.355 e. The van der Waals surface area contributed by atoms with Crippen molar-refractivity contribution in [3.05, 3.63) is 125 Å². The summed E-state index contributed by atoms with van der Waals surface area (Å²) in [5, 5.41) is 22.4. The lowest BCUT2D eigenvalue weighted by molar-refractivity contribution is -0.134. The molecule has 15 nitrogen and oxygen atoms in total. The first kappa shape index (κ1) is 48.1. The van der Waals surface area contributed by atoms with Crippen LogP contribution in [0.25, 0.3) is 32.2 Å². The van der Waals surface area contributed by atoms with E-state index in [2.05, 4.69) is 44.5 Å². The number of piperidine rings is 1. The number of imide groups is 1. The molecule has 3 aliphatic heterocycles. The molecule has 0 spiro atoms. The minimum absolute atomic E-state index is 0.0217. The number of thiazole rings is 1. The number of pyridine rings is 1. The number of benzene rings is 4. The maximum absolute atomic E-state index is 13.7. The van der Waals surface area contributed by atoms with Gasteiger partial charge < -0.3 is 19.6 Å². The highest BCUT2D eigenvalue weighted by atomic mass is 32.1. The minimum Gasteiger partial charge on any atom is -0.490 e. The van der Waals surface area contributed by atoms with Crippen LogP contribution in [0, 0.1) is 12.8 Å². The van der Waals surface area contributed by atoms with Gasteiger partial charge in [-0.05, 0) is 142 Å². The number of fused-ring (bicyclic) bond motifs is 3. The van der Waals surface area contributed by atoms with Crippen molar-refractivity contribution in [2.24, 2.45) is 13.0 Å². The van der Waals surface area contributed by atoms with Gasteiger partial charge in [-0.2, -0.15) is 5.10 Å². The van der Waals surface area contributed by atoms with Crippen LogP contribution in [0.4, 0.5) is 16.6 Å². The Balaban J connectivity index is 0.679. The van der Waals surface area contributed by atoms with E-state index in [4.69, 9.17) is 14.8 Å². The van der Waals surface area contributed by atoms with Crippen molar-refractivity contribution in [2.75, 3.05) is 47.8 Å². The lowest BCUT2D eigenvalue weighted by Crippen LogP contribution is -2.52. The van der Waals surface area contributed by atoms with Crippen LogP contribution in [0.15, 0.2) is 91.0 Å². The number of aryl methyl sites for hydroxylation is 1. The van der Waals surface area contributed by atoms with Gasteiger partial charge in [0.25, 0.3) is 5.91 Å². The lowest BCUT2D eigenvalue weighted by Gasteiger charge is -2.41. The number of nitrogens with zero attached hydrogens (tertiary/aromatic N) is 7. The number of amides is 3. The van der Waals surface area contributed by atoms with Crippen molar-refractivity contribution in [1.29, 1.82) is 0 Å². The normalized spacial score (nSPS) is 20.5. The number of anilines is 3. The van der Waals surface area contributed by atoms with Gasteiger partial charge in [-0.25, -0.2) is 14.8 Å². The summed E-state index contributed by atoms with van der Waals surface area (Å²) in [5.41, 5.74) is 8.49. The van der Waals surface area contributed by atoms with Crippen molar-refractivity contribution in [3.8, 4) is 16.9 Å². The molecule has 1 aliphatic carbocycles. The van der Waals surface area contributed by atoms with E-state index in [-0.39, 0.29) is 29.5 Å². The van der Waals surface area contributed by atoms with Crippen molar-refractivity contribution in [3.63, 3.8) is 0 Å². The third-order valence-electron chi connectivity index (χ3n) is 15.7. The van der Waals surface area contributed by atoms with E-state index in [0.29, 0.717) is 66.4 Å². The Morgan fingerprint density at radius 1 is 0.863 bits per heavy atom. The predicted molar refractivity (Wildman–Crippen MR) is 285 cm³/mol. The topological polar surface area (TPSA) is 175 Å². The van der Waals surface area contributed by atoms with Gasteiger partial charge in [-0.3, -0.25) is 34.6 Å². The first-order valence-electron chi connectivity index (χ1n) is 25.8. The van der Waals surface area contributed by atoms with Gasteiger partial charge in [0, 0.05) is 68.7 Å². The quantitative estimate of drug-likeness (QED) is 0.0935. The standard InChI is InChI=1S/C57H61N9O6S/c1-34-32-65(46-16-7-14-42-51(62-63(3)53(42)46)43-24-26-50(67)60-55(43)69)31-30-64(34)28-9-10-36-19-21-38(22-20-36)72-47-17-8-12-39(35(47)2)40-23-25-49(59-52(40)56(70)71)66-29-27-37-11-6-13-41(44(37)33-66)54(68)61-57-58-45-15-4-5-18-48(45)73-57/h4-8,11-18,23,25,34,36,38,43H,9-10,19-22,24,26-33H2,1-3H3,(H,70,71)(H,58,61,68)(H,60,67,69). The molecular weight excluding hydrogens is 939 g/mol. The third kappa shape index (κ3) is 9.77. The Bertz CT molecular complexity index is 3240. The molecule has 3 N–H and O–H groups in total.